The van der Waals surface area contributed by atoms with Crippen molar-refractivity contribution in [1.29, 1.82) is 0 Å². The Hall–Kier alpha value is -4.08. The van der Waals surface area contributed by atoms with Crippen molar-refractivity contribution in [1.82, 2.24) is 14.8 Å². The number of nitrogens with one attached hydrogen (secondary N) is 1. The van der Waals surface area contributed by atoms with Gasteiger partial charge in [0.25, 0.3) is 0 Å². The zero-order valence-electron chi connectivity index (χ0n) is 18.0. The highest BCUT2D eigenvalue weighted by molar-refractivity contribution is 5.96. The molecule has 0 saturated carbocycles. The summed E-state index contributed by atoms with van der Waals surface area (Å²) in [6.07, 6.45) is 1.33. The zero-order chi connectivity index (χ0) is 23.5. The van der Waals surface area contributed by atoms with Gasteiger partial charge >= 0.3 is 5.97 Å². The Balaban J connectivity index is 1.71. The van der Waals surface area contributed by atoms with Crippen LogP contribution in [-0.2, 0) is 14.3 Å². The van der Waals surface area contributed by atoms with Gasteiger partial charge in [0.05, 0.1) is 12.2 Å². The third kappa shape index (κ3) is 4.45. The Morgan fingerprint density at radius 2 is 1.82 bits per heavy atom. The number of benzene rings is 2. The largest absolute Gasteiger partial charge is 0.463 e. The van der Waals surface area contributed by atoms with Crippen molar-refractivity contribution in [3.63, 3.8) is 0 Å². The van der Waals surface area contributed by atoms with E-state index in [4.69, 9.17) is 4.74 Å². The normalized spacial score (nSPS) is 15.3. The number of carbonyl (C=O) groups excluding carboxylic acids is 2. The van der Waals surface area contributed by atoms with E-state index in [9.17, 15) is 18.4 Å². The zero-order valence-corrected chi connectivity index (χ0v) is 18.0. The highest BCUT2D eigenvalue weighted by Gasteiger charge is 2.38. The second kappa shape index (κ2) is 9.19. The van der Waals surface area contributed by atoms with Gasteiger partial charge in [-0.1, -0.05) is 30.3 Å². The predicted octanol–water partition coefficient (Wildman–Crippen LogP) is 3.44. The second-order valence-electron chi connectivity index (χ2n) is 7.33. The van der Waals surface area contributed by atoms with Crippen molar-refractivity contribution in [2.24, 2.45) is 0 Å². The first-order valence-electron chi connectivity index (χ1n) is 10.2. The fourth-order valence-electron chi connectivity index (χ4n) is 3.81. The molecule has 0 aliphatic carbocycles. The molecule has 8 nitrogen and oxygen atoms in total. The van der Waals surface area contributed by atoms with Gasteiger partial charge in [0.2, 0.25) is 11.9 Å². The number of ether oxygens (including phenoxy) is 1. The van der Waals surface area contributed by atoms with Crippen molar-refractivity contribution < 1.29 is 23.1 Å². The van der Waals surface area contributed by atoms with Crippen LogP contribution in [0.1, 0.15) is 25.5 Å². The lowest BCUT2D eigenvalue weighted by atomic mass is 9.95. The summed E-state index contributed by atoms with van der Waals surface area (Å²) < 4.78 is 33.8. The average Bonchev–Trinajstić information content (AvgIpc) is 3.24. The molecule has 1 aliphatic heterocycles. The maximum Gasteiger partial charge on any atom is 0.338 e. The Kier molecular flexibility index (Phi) is 6.16. The minimum absolute atomic E-state index is 0.0228. The number of hydrogen-bond acceptors (Lipinski definition) is 6. The van der Waals surface area contributed by atoms with Crippen LogP contribution in [0, 0.1) is 11.6 Å². The van der Waals surface area contributed by atoms with Crippen molar-refractivity contribution in [3.8, 4) is 0 Å². The first kappa shape index (κ1) is 22.1. The number of halogens is 2. The molecule has 1 atom stereocenters. The molecular formula is C23H21F2N5O3. The van der Waals surface area contributed by atoms with Crippen LogP contribution in [0.4, 0.5) is 20.4 Å². The molecule has 0 fully saturated rings. The predicted molar refractivity (Wildman–Crippen MR) is 116 cm³/mol. The summed E-state index contributed by atoms with van der Waals surface area (Å²) in [6.45, 7) is 3.30. The lowest BCUT2D eigenvalue weighted by molar-refractivity contribution is -0.139. The van der Waals surface area contributed by atoms with E-state index in [2.05, 4.69) is 15.4 Å². The lowest BCUT2D eigenvalue weighted by Gasteiger charge is -2.35. The highest BCUT2D eigenvalue weighted by Crippen LogP contribution is 2.38. The average molecular weight is 453 g/mol. The molecule has 0 unspecified atom stereocenters. The molecular weight excluding hydrogens is 432 g/mol. The second-order valence-corrected chi connectivity index (χ2v) is 7.33. The van der Waals surface area contributed by atoms with E-state index in [0.29, 0.717) is 23.3 Å². The Labute approximate surface area is 188 Å². The van der Waals surface area contributed by atoms with E-state index < -0.39 is 29.6 Å². The Bertz CT molecular complexity index is 1210. The van der Waals surface area contributed by atoms with E-state index in [1.54, 1.807) is 18.5 Å². The first-order chi connectivity index (χ1) is 15.9. The summed E-state index contributed by atoms with van der Waals surface area (Å²) >= 11 is 0. The highest BCUT2D eigenvalue weighted by atomic mass is 19.1. The van der Waals surface area contributed by atoms with Gasteiger partial charge in [-0.3, -0.25) is 4.79 Å². The number of amides is 1. The molecule has 10 heteroatoms. The molecule has 2 heterocycles. The van der Waals surface area contributed by atoms with Crippen molar-refractivity contribution in [2.45, 2.75) is 19.9 Å². The molecule has 0 radical (unpaired) electrons. The van der Waals surface area contributed by atoms with Crippen LogP contribution >= 0.6 is 0 Å². The number of anilines is 2. The van der Waals surface area contributed by atoms with Gasteiger partial charge in [-0.2, -0.15) is 10.1 Å². The van der Waals surface area contributed by atoms with Gasteiger partial charge in [0.1, 0.15) is 30.5 Å². The summed E-state index contributed by atoms with van der Waals surface area (Å²) in [6, 6.07) is 11.4. The summed E-state index contributed by atoms with van der Waals surface area (Å²) in [5.41, 5.74) is 1.55. The number of fused-ring (bicyclic) bond motifs is 1. The SMILES string of the molecule is CCOC(=O)C1=C(C)N(CC(=O)Nc2cc(F)cc(F)c2)c2ncnn2[C@H]1c1ccccc1. The number of carbonyl (C=O) groups is 2. The van der Waals surface area contributed by atoms with Crippen molar-refractivity contribution in [2.75, 3.05) is 23.4 Å². The molecule has 0 bridgehead atoms. The minimum Gasteiger partial charge on any atom is -0.463 e. The number of nitrogens with zero attached hydrogens (tertiary/aromatic N) is 4. The molecule has 0 saturated heterocycles. The Morgan fingerprint density at radius 3 is 2.48 bits per heavy atom. The first-order valence-corrected chi connectivity index (χ1v) is 10.2. The van der Waals surface area contributed by atoms with E-state index in [1.807, 2.05) is 30.3 Å². The summed E-state index contributed by atoms with van der Waals surface area (Å²) in [5, 5.41) is 6.77. The maximum atomic E-state index is 13.5. The van der Waals surface area contributed by atoms with E-state index in [0.717, 1.165) is 17.7 Å². The molecule has 1 aliphatic rings. The maximum absolute atomic E-state index is 13.5. The number of allylic oxidation sites excluding steroid dienone is 1. The third-order valence-corrected chi connectivity index (χ3v) is 5.17. The van der Waals surface area contributed by atoms with Gasteiger partial charge in [-0.25, -0.2) is 18.3 Å². The van der Waals surface area contributed by atoms with Crippen LogP contribution < -0.4 is 10.2 Å². The lowest BCUT2D eigenvalue weighted by Crippen LogP contribution is -2.40. The molecule has 4 rings (SSSR count). The minimum atomic E-state index is -0.811. The van der Waals surface area contributed by atoms with Crippen LogP contribution in [0.2, 0.25) is 0 Å². The van der Waals surface area contributed by atoms with Gasteiger partial charge in [0.15, 0.2) is 0 Å². The van der Waals surface area contributed by atoms with Crippen LogP contribution in [0.5, 0.6) is 0 Å². The van der Waals surface area contributed by atoms with Crippen molar-refractivity contribution in [3.05, 3.63) is 83.3 Å². The fourth-order valence-corrected chi connectivity index (χ4v) is 3.81. The topological polar surface area (TPSA) is 89.3 Å². The van der Waals surface area contributed by atoms with E-state index >= 15 is 0 Å². The van der Waals surface area contributed by atoms with Crippen molar-refractivity contribution >= 4 is 23.5 Å². The molecule has 33 heavy (non-hydrogen) atoms. The van der Waals surface area contributed by atoms with Gasteiger partial charge < -0.3 is 15.0 Å². The molecule has 2 aromatic carbocycles. The molecule has 3 aromatic rings. The number of hydrogen-bond donors (Lipinski definition) is 1. The summed E-state index contributed by atoms with van der Waals surface area (Å²) in [7, 11) is 0. The number of aromatic nitrogens is 3. The van der Waals surface area contributed by atoms with E-state index in [-0.39, 0.29) is 18.8 Å². The Morgan fingerprint density at radius 1 is 1.12 bits per heavy atom. The summed E-state index contributed by atoms with van der Waals surface area (Å²) in [4.78, 5) is 31.5. The van der Waals surface area contributed by atoms with Gasteiger partial charge in [-0.15, -0.1) is 0 Å². The fraction of sp³-hybridized carbons (Fsp3) is 0.217. The number of esters is 1. The molecule has 1 amide bonds. The van der Waals surface area contributed by atoms with Gasteiger partial charge in [-0.05, 0) is 31.5 Å². The van der Waals surface area contributed by atoms with Crippen LogP contribution in [0.15, 0.2) is 66.1 Å². The van der Waals surface area contributed by atoms with Gasteiger partial charge in [0, 0.05) is 17.5 Å². The third-order valence-electron chi connectivity index (χ3n) is 5.17. The van der Waals surface area contributed by atoms with Crippen LogP contribution in [0.3, 0.4) is 0 Å². The molecule has 1 N–H and O–H groups in total. The molecule has 1 aromatic heterocycles. The van der Waals surface area contributed by atoms with E-state index in [1.165, 1.54) is 11.2 Å². The van der Waals surface area contributed by atoms with Crippen LogP contribution in [0.25, 0.3) is 0 Å². The summed E-state index contributed by atoms with van der Waals surface area (Å²) in [5.74, 6) is -2.38. The molecule has 170 valence electrons. The molecule has 0 spiro atoms. The smallest absolute Gasteiger partial charge is 0.338 e. The number of rotatable bonds is 6. The standard InChI is InChI=1S/C23H21F2N5O3/c1-3-33-22(32)20-14(2)29(12-19(31)28-18-10-16(24)9-17(25)11-18)23-26-13-27-30(23)21(20)15-7-5-4-6-8-15/h4-11,13,21H,3,12H2,1-2H3,(H,28,31)/t21-/m0/s1. The monoisotopic (exact) mass is 453 g/mol. The van der Waals surface area contributed by atoms with Crippen LogP contribution in [-0.4, -0.2) is 39.8 Å². The quantitative estimate of drug-likeness (QED) is 0.575.